The van der Waals surface area contributed by atoms with E-state index in [0.29, 0.717) is 17.2 Å². The van der Waals surface area contributed by atoms with Gasteiger partial charge in [-0.3, -0.25) is 4.18 Å². The van der Waals surface area contributed by atoms with Crippen LogP contribution in [0.15, 0.2) is 22.7 Å². The topological polar surface area (TPSA) is 123 Å². The average Bonchev–Trinajstić information content (AvgIpc) is 2.90. The van der Waals surface area contributed by atoms with Crippen LogP contribution in [0.1, 0.15) is 27.7 Å². The monoisotopic (exact) mass is 434 g/mol. The number of pyridine rings is 1. The van der Waals surface area contributed by atoms with Crippen LogP contribution >= 0.6 is 23.1 Å². The highest BCUT2D eigenvalue weighted by Gasteiger charge is 2.28. The van der Waals surface area contributed by atoms with E-state index in [9.17, 15) is 17.8 Å². The summed E-state index contributed by atoms with van der Waals surface area (Å²) >= 11 is 2.97. The number of aromatic nitrogens is 1. The molecule has 0 unspecified atom stereocenters. The first-order valence-electron chi connectivity index (χ1n) is 7.68. The molecule has 0 aliphatic rings. The summed E-state index contributed by atoms with van der Waals surface area (Å²) < 4.78 is 39.1. The molecule has 0 bridgehead atoms. The van der Waals surface area contributed by atoms with Gasteiger partial charge in [-0.05, 0) is 33.1 Å². The normalized spacial score (nSPS) is 10.9. The van der Waals surface area contributed by atoms with Gasteiger partial charge in [0.25, 0.3) is 5.69 Å². The number of carbonyl (C=O) groups is 1. The molecule has 0 spiro atoms. The minimum atomic E-state index is -4.41. The summed E-state index contributed by atoms with van der Waals surface area (Å²) in [5, 5.41) is 0. The molecule has 8 nitrogen and oxygen atoms in total. The third-order valence-electron chi connectivity index (χ3n) is 3.14. The third-order valence-corrected chi connectivity index (χ3v) is 5.83. The molecule has 2 aromatic heterocycles. The zero-order valence-electron chi connectivity index (χ0n) is 15.6. The van der Waals surface area contributed by atoms with Gasteiger partial charge >= 0.3 is 5.97 Å². The Morgan fingerprint density at radius 2 is 1.85 bits per heavy atom. The van der Waals surface area contributed by atoms with E-state index in [1.807, 2.05) is 37.1 Å². The van der Waals surface area contributed by atoms with E-state index in [-0.39, 0.29) is 5.97 Å². The van der Waals surface area contributed by atoms with Crippen molar-refractivity contribution in [3.8, 4) is 5.69 Å². The lowest BCUT2D eigenvalue weighted by Gasteiger charge is -2.01. The van der Waals surface area contributed by atoms with Gasteiger partial charge in [0.2, 0.25) is 10.4 Å². The van der Waals surface area contributed by atoms with Crippen LogP contribution in [0.4, 0.5) is 5.69 Å². The molecule has 2 heterocycles. The van der Waals surface area contributed by atoms with Gasteiger partial charge in [-0.1, -0.05) is 0 Å². The number of nitrogens with two attached hydrogens (primary N) is 1. The Kier molecular flexibility index (Phi) is 8.69. The lowest BCUT2D eigenvalue weighted by Crippen LogP contribution is -2.32. The second kappa shape index (κ2) is 10.0. The fourth-order valence-electron chi connectivity index (χ4n) is 2.18. The largest absolute Gasteiger partial charge is 0.726 e. The zero-order chi connectivity index (χ0) is 20.8. The molecule has 0 aliphatic carbocycles. The highest BCUT2D eigenvalue weighted by atomic mass is 32.3. The minimum Gasteiger partial charge on any atom is -0.726 e. The number of nitrogens with zero attached hydrogens (tertiary/aromatic N) is 1. The van der Waals surface area contributed by atoms with Crippen molar-refractivity contribution >= 4 is 45.2 Å². The van der Waals surface area contributed by atoms with Crippen LogP contribution in [-0.2, 0) is 19.3 Å². The van der Waals surface area contributed by atoms with Crippen LogP contribution in [-0.4, -0.2) is 38.9 Å². The average molecular weight is 435 g/mol. The second-order valence-corrected chi connectivity index (χ2v) is 8.52. The Morgan fingerprint density at radius 3 is 2.26 bits per heavy atom. The van der Waals surface area contributed by atoms with Gasteiger partial charge in [-0.15, -0.1) is 23.1 Å². The van der Waals surface area contributed by atoms with E-state index in [4.69, 9.17) is 10.5 Å². The quantitative estimate of drug-likeness (QED) is 0.250. The molecule has 0 saturated heterocycles. The summed E-state index contributed by atoms with van der Waals surface area (Å²) in [6.45, 7) is 6.21. The standard InChI is InChI=1S/C15H18N2O2S2.CH4O4S/c1-5-19-14(18)13-11(16)12(15(20-4)21-13)17-7-9(2)6-10(3)8-17;1-5-6(2,3)4/h6-8H,5H2,1-4H3,(H-,16,18);1H3,(H,2,3,4). The maximum Gasteiger partial charge on any atom is 0.350 e. The highest BCUT2D eigenvalue weighted by molar-refractivity contribution is 8.00. The highest BCUT2D eigenvalue weighted by Crippen LogP contribution is 2.37. The molecule has 0 radical (unpaired) electrons. The second-order valence-electron chi connectivity index (χ2n) is 5.28. The molecule has 2 rings (SSSR count). The van der Waals surface area contributed by atoms with Crippen molar-refractivity contribution in [1.29, 1.82) is 0 Å². The fraction of sp³-hybridized carbons (Fsp3) is 0.375. The Morgan fingerprint density at radius 1 is 1.33 bits per heavy atom. The maximum atomic E-state index is 12.0. The molecular formula is C16H22N2O6S3. The maximum absolute atomic E-state index is 12.0. The van der Waals surface area contributed by atoms with E-state index < -0.39 is 10.4 Å². The number of nitrogen functional groups attached to an aromatic ring is 1. The molecule has 0 fully saturated rings. The van der Waals surface area contributed by atoms with Crippen molar-refractivity contribution < 1.29 is 31.3 Å². The van der Waals surface area contributed by atoms with Crippen LogP contribution in [0, 0.1) is 13.8 Å². The lowest BCUT2D eigenvalue weighted by atomic mass is 10.2. The van der Waals surface area contributed by atoms with Crippen molar-refractivity contribution in [2.45, 2.75) is 25.0 Å². The van der Waals surface area contributed by atoms with E-state index in [1.165, 1.54) is 11.3 Å². The molecule has 27 heavy (non-hydrogen) atoms. The van der Waals surface area contributed by atoms with Gasteiger partial charge < -0.3 is 15.0 Å². The molecule has 2 aromatic rings. The molecule has 0 atom stereocenters. The van der Waals surface area contributed by atoms with Crippen LogP contribution in [0.2, 0.25) is 0 Å². The number of ether oxygens (including phenoxy) is 1. The number of aryl methyl sites for hydroxylation is 2. The van der Waals surface area contributed by atoms with Crippen molar-refractivity contribution in [3.05, 3.63) is 34.5 Å². The summed E-state index contributed by atoms with van der Waals surface area (Å²) in [4.78, 5) is 12.5. The third kappa shape index (κ3) is 6.78. The predicted molar refractivity (Wildman–Crippen MR) is 104 cm³/mol. The van der Waals surface area contributed by atoms with Gasteiger partial charge in [0, 0.05) is 11.1 Å². The van der Waals surface area contributed by atoms with Crippen molar-refractivity contribution in [2.24, 2.45) is 0 Å². The Bertz CT molecular complexity index is 889. The summed E-state index contributed by atoms with van der Waals surface area (Å²) in [5.74, 6) is -0.355. The van der Waals surface area contributed by atoms with Gasteiger partial charge in [0.1, 0.15) is 14.8 Å². The summed E-state index contributed by atoms with van der Waals surface area (Å²) in [5.41, 5.74) is 9.85. The lowest BCUT2D eigenvalue weighted by molar-refractivity contribution is -0.597. The van der Waals surface area contributed by atoms with Crippen molar-refractivity contribution in [2.75, 3.05) is 25.7 Å². The number of thiophene rings is 1. The van der Waals surface area contributed by atoms with E-state index in [0.717, 1.165) is 28.1 Å². The molecule has 0 aromatic carbocycles. The van der Waals surface area contributed by atoms with Gasteiger partial charge in [0.05, 0.1) is 13.7 Å². The molecule has 0 amide bonds. The number of hydrogen-bond donors (Lipinski definition) is 1. The number of thioether (sulfide) groups is 1. The van der Waals surface area contributed by atoms with E-state index in [2.05, 4.69) is 10.2 Å². The first-order valence-corrected chi connectivity index (χ1v) is 11.1. The number of rotatable bonds is 5. The molecule has 11 heteroatoms. The molecule has 150 valence electrons. The summed E-state index contributed by atoms with van der Waals surface area (Å²) in [7, 11) is -3.60. The first kappa shape index (κ1) is 23.4. The SMILES string of the molecule is CCOC(=O)c1sc(SC)c(-[n+]2cc(C)cc(C)c2)c1N.COS(=O)(=O)[O-]. The fourth-order valence-corrected chi connectivity index (χ4v) is 4.02. The Balaban J connectivity index is 0.000000527. The van der Waals surface area contributed by atoms with Crippen LogP contribution in [0.3, 0.4) is 0 Å². The van der Waals surface area contributed by atoms with Crippen LogP contribution in [0.5, 0.6) is 0 Å². The zero-order valence-corrected chi connectivity index (χ0v) is 18.1. The van der Waals surface area contributed by atoms with E-state index >= 15 is 0 Å². The molecule has 0 aliphatic heterocycles. The number of carbonyl (C=O) groups excluding carboxylic acids is 1. The summed E-state index contributed by atoms with van der Waals surface area (Å²) in [6, 6.07) is 2.10. The van der Waals surface area contributed by atoms with Crippen LogP contribution in [0.25, 0.3) is 5.69 Å². The number of hydrogen-bond acceptors (Lipinski definition) is 9. The van der Waals surface area contributed by atoms with Gasteiger partial charge in [-0.25, -0.2) is 13.2 Å². The predicted octanol–water partition coefficient (Wildman–Crippen LogP) is 2.22. The Labute approximate surface area is 167 Å². The number of esters is 1. The minimum absolute atomic E-state index is 0.344. The Hall–Kier alpha value is -1.66. The summed E-state index contributed by atoms with van der Waals surface area (Å²) in [6.07, 6.45) is 6.01. The number of anilines is 1. The van der Waals surface area contributed by atoms with Crippen LogP contribution < -0.4 is 10.3 Å². The molecule has 0 saturated carbocycles. The smallest absolute Gasteiger partial charge is 0.350 e. The van der Waals surface area contributed by atoms with Gasteiger partial charge in [-0.2, -0.15) is 4.57 Å². The van der Waals surface area contributed by atoms with Crippen molar-refractivity contribution in [3.63, 3.8) is 0 Å². The molecular weight excluding hydrogens is 412 g/mol. The van der Waals surface area contributed by atoms with E-state index in [1.54, 1.807) is 18.7 Å². The van der Waals surface area contributed by atoms with Crippen molar-refractivity contribution in [1.82, 2.24) is 0 Å². The van der Waals surface area contributed by atoms with Gasteiger partial charge in [0.15, 0.2) is 12.4 Å². The first-order chi connectivity index (χ1) is 12.5. The molecule has 2 N–H and O–H groups in total.